The van der Waals surface area contributed by atoms with Crippen molar-refractivity contribution in [2.24, 2.45) is 0 Å². The number of nitrogens with one attached hydrogen (secondary N) is 1. The van der Waals surface area contributed by atoms with E-state index in [1.165, 1.54) is 7.11 Å². The molecule has 1 aliphatic carbocycles. The van der Waals surface area contributed by atoms with Crippen molar-refractivity contribution in [3.8, 4) is 5.88 Å². The molecular formula is C13H20N4O4. The molecule has 0 spiro atoms. The maximum Gasteiger partial charge on any atom is 0.372 e. The summed E-state index contributed by atoms with van der Waals surface area (Å²) in [5.41, 5.74) is -0.210. The van der Waals surface area contributed by atoms with Gasteiger partial charge in [0.05, 0.1) is 12.0 Å². The highest BCUT2D eigenvalue weighted by Gasteiger charge is 2.32. The number of rotatable bonds is 9. The van der Waals surface area contributed by atoms with Crippen molar-refractivity contribution in [1.82, 2.24) is 9.97 Å². The predicted molar refractivity (Wildman–Crippen MR) is 76.8 cm³/mol. The van der Waals surface area contributed by atoms with Crippen LogP contribution < -0.4 is 10.1 Å². The topological polar surface area (TPSA) is 99.4 Å². The Morgan fingerprint density at radius 1 is 1.43 bits per heavy atom. The van der Waals surface area contributed by atoms with Gasteiger partial charge in [-0.15, -0.1) is 0 Å². The third kappa shape index (κ3) is 4.01. The van der Waals surface area contributed by atoms with Crippen molar-refractivity contribution in [3.63, 3.8) is 0 Å². The Morgan fingerprint density at radius 3 is 2.76 bits per heavy atom. The summed E-state index contributed by atoms with van der Waals surface area (Å²) in [6.07, 6.45) is 2.78. The van der Waals surface area contributed by atoms with Gasteiger partial charge in [0.1, 0.15) is 5.82 Å². The third-order valence-electron chi connectivity index (χ3n) is 3.15. The van der Waals surface area contributed by atoms with Crippen LogP contribution >= 0.6 is 0 Å². The Kier molecular flexibility index (Phi) is 5.26. The lowest BCUT2D eigenvalue weighted by molar-refractivity contribution is -0.385. The predicted octanol–water partition coefficient (Wildman–Crippen LogP) is 2.11. The van der Waals surface area contributed by atoms with Gasteiger partial charge in [-0.1, -0.05) is 0 Å². The molecule has 1 fully saturated rings. The SMILES string of the molecule is CCOCCCNc1nc(C2CC2)nc(OC)c1[N+](=O)[O-]. The fourth-order valence-corrected chi connectivity index (χ4v) is 1.93. The molecule has 116 valence electrons. The highest BCUT2D eigenvalue weighted by molar-refractivity contribution is 5.62. The molecule has 1 heterocycles. The average Bonchev–Trinajstić information content (AvgIpc) is 3.30. The molecule has 1 N–H and O–H groups in total. The Morgan fingerprint density at radius 2 is 2.19 bits per heavy atom. The molecule has 1 aromatic heterocycles. The molecule has 0 unspecified atom stereocenters. The van der Waals surface area contributed by atoms with Crippen molar-refractivity contribution < 1.29 is 14.4 Å². The first kappa shape index (κ1) is 15.4. The quantitative estimate of drug-likeness (QED) is 0.423. The van der Waals surface area contributed by atoms with Crippen molar-refractivity contribution in [3.05, 3.63) is 15.9 Å². The number of hydrogen-bond donors (Lipinski definition) is 1. The van der Waals surface area contributed by atoms with Crippen LogP contribution in [0.3, 0.4) is 0 Å². The van der Waals surface area contributed by atoms with E-state index >= 15 is 0 Å². The zero-order chi connectivity index (χ0) is 15.2. The lowest BCUT2D eigenvalue weighted by atomic mass is 10.3. The summed E-state index contributed by atoms with van der Waals surface area (Å²) in [5.74, 6) is 1.16. The van der Waals surface area contributed by atoms with Gasteiger partial charge in [0.25, 0.3) is 5.88 Å². The second-order valence-corrected chi connectivity index (χ2v) is 4.80. The van der Waals surface area contributed by atoms with E-state index in [9.17, 15) is 10.1 Å². The summed E-state index contributed by atoms with van der Waals surface area (Å²) in [6, 6.07) is 0. The minimum absolute atomic E-state index is 0.0178. The van der Waals surface area contributed by atoms with Crippen molar-refractivity contribution in [2.45, 2.75) is 32.1 Å². The second-order valence-electron chi connectivity index (χ2n) is 4.80. The molecule has 8 nitrogen and oxygen atoms in total. The summed E-state index contributed by atoms with van der Waals surface area (Å²) in [5, 5.41) is 14.2. The van der Waals surface area contributed by atoms with Crippen LogP contribution in [0.4, 0.5) is 11.5 Å². The normalized spacial score (nSPS) is 14.0. The lowest BCUT2D eigenvalue weighted by Crippen LogP contribution is -2.12. The zero-order valence-corrected chi connectivity index (χ0v) is 12.3. The molecule has 0 saturated heterocycles. The van der Waals surface area contributed by atoms with Gasteiger partial charge >= 0.3 is 5.69 Å². The zero-order valence-electron chi connectivity index (χ0n) is 12.3. The Labute approximate surface area is 123 Å². The van der Waals surface area contributed by atoms with Crippen molar-refractivity contribution in [2.75, 3.05) is 32.2 Å². The molecule has 1 saturated carbocycles. The van der Waals surface area contributed by atoms with E-state index in [4.69, 9.17) is 9.47 Å². The second kappa shape index (κ2) is 7.16. The largest absolute Gasteiger partial charge is 0.476 e. The first-order valence-corrected chi connectivity index (χ1v) is 7.09. The summed E-state index contributed by atoms with van der Waals surface area (Å²) in [6.45, 7) is 3.74. The summed E-state index contributed by atoms with van der Waals surface area (Å²) in [7, 11) is 1.38. The van der Waals surface area contributed by atoms with E-state index in [1.807, 2.05) is 6.92 Å². The molecule has 21 heavy (non-hydrogen) atoms. The van der Waals surface area contributed by atoms with Gasteiger partial charge in [-0.3, -0.25) is 10.1 Å². The van der Waals surface area contributed by atoms with Gasteiger partial charge in [-0.25, -0.2) is 4.98 Å². The number of nitrogens with zero attached hydrogens (tertiary/aromatic N) is 3. The smallest absolute Gasteiger partial charge is 0.372 e. The Balaban J connectivity index is 2.15. The van der Waals surface area contributed by atoms with Crippen LogP contribution in [0.2, 0.25) is 0 Å². The number of hydrogen-bond acceptors (Lipinski definition) is 7. The molecule has 0 aromatic carbocycles. The van der Waals surface area contributed by atoms with E-state index in [0.717, 1.165) is 19.3 Å². The number of anilines is 1. The fraction of sp³-hybridized carbons (Fsp3) is 0.692. The van der Waals surface area contributed by atoms with Gasteiger partial charge in [0.15, 0.2) is 0 Å². The van der Waals surface area contributed by atoms with Crippen molar-refractivity contribution in [1.29, 1.82) is 0 Å². The highest BCUT2D eigenvalue weighted by atomic mass is 16.6. The molecule has 0 atom stereocenters. The van der Waals surface area contributed by atoms with Crippen LogP contribution in [0.15, 0.2) is 0 Å². The van der Waals surface area contributed by atoms with E-state index in [2.05, 4.69) is 15.3 Å². The average molecular weight is 296 g/mol. The van der Waals surface area contributed by atoms with Gasteiger partial charge in [-0.2, -0.15) is 4.98 Å². The standard InChI is InChI=1S/C13H20N4O4/c1-3-21-8-4-7-14-12-10(17(18)19)13(20-2)16-11(15-12)9-5-6-9/h9H,3-8H2,1-2H3,(H,14,15,16). The summed E-state index contributed by atoms with van der Waals surface area (Å²) in [4.78, 5) is 19.2. The molecule has 2 rings (SSSR count). The monoisotopic (exact) mass is 296 g/mol. The van der Waals surface area contributed by atoms with E-state index < -0.39 is 4.92 Å². The molecule has 1 aromatic rings. The van der Waals surface area contributed by atoms with E-state index in [1.54, 1.807) is 0 Å². The summed E-state index contributed by atoms with van der Waals surface area (Å²) >= 11 is 0. The Bertz CT molecular complexity index is 505. The van der Waals surface area contributed by atoms with E-state index in [0.29, 0.717) is 31.5 Å². The van der Waals surface area contributed by atoms with E-state index in [-0.39, 0.29) is 17.4 Å². The van der Waals surface area contributed by atoms with Gasteiger partial charge < -0.3 is 14.8 Å². The van der Waals surface area contributed by atoms with Crippen molar-refractivity contribution >= 4 is 11.5 Å². The first-order valence-electron chi connectivity index (χ1n) is 7.09. The summed E-state index contributed by atoms with van der Waals surface area (Å²) < 4.78 is 10.3. The highest BCUT2D eigenvalue weighted by Crippen LogP contribution is 2.41. The third-order valence-corrected chi connectivity index (χ3v) is 3.15. The fourth-order valence-electron chi connectivity index (χ4n) is 1.93. The molecular weight excluding hydrogens is 276 g/mol. The van der Waals surface area contributed by atoms with Crippen LogP contribution in [0.1, 0.15) is 37.9 Å². The molecule has 1 aliphatic rings. The molecule has 0 bridgehead atoms. The maximum atomic E-state index is 11.2. The minimum atomic E-state index is -0.514. The lowest BCUT2D eigenvalue weighted by Gasteiger charge is -2.10. The molecule has 8 heteroatoms. The van der Waals surface area contributed by atoms with Gasteiger partial charge in [0, 0.05) is 25.7 Å². The minimum Gasteiger partial charge on any atom is -0.476 e. The maximum absolute atomic E-state index is 11.2. The Hall–Kier alpha value is -1.96. The van der Waals surface area contributed by atoms with Crippen LogP contribution in [-0.2, 0) is 4.74 Å². The number of ether oxygens (including phenoxy) is 2. The first-order chi connectivity index (χ1) is 10.2. The molecule has 0 aliphatic heterocycles. The van der Waals surface area contributed by atoms with Crippen LogP contribution in [0.25, 0.3) is 0 Å². The molecule has 0 radical (unpaired) electrons. The number of methoxy groups -OCH3 is 1. The van der Waals surface area contributed by atoms with Gasteiger partial charge in [-0.05, 0) is 26.2 Å². The number of aromatic nitrogens is 2. The van der Waals surface area contributed by atoms with Crippen LogP contribution in [0, 0.1) is 10.1 Å². The van der Waals surface area contributed by atoms with Crippen LogP contribution in [0.5, 0.6) is 5.88 Å². The number of nitro groups is 1. The van der Waals surface area contributed by atoms with Gasteiger partial charge in [0.2, 0.25) is 5.82 Å². The van der Waals surface area contributed by atoms with Crippen LogP contribution in [-0.4, -0.2) is 41.8 Å². The molecule has 0 amide bonds.